The monoisotopic (exact) mass is 503 g/mol. The Bertz CT molecular complexity index is 1500. The standard InChI is InChI=1S/C30H21ClF3NO/c31-17-20-12-14-21(15-13-20)19-36-24-9-4-8-23(16-24)28-25-10-5-11-27(30(32,33)34)29(25)35-18-26(28)22-6-2-1-3-7-22/h1-16,18H,17,19H2. The molecule has 1 aromatic heterocycles. The average Bonchev–Trinajstić information content (AvgIpc) is 2.91. The topological polar surface area (TPSA) is 22.1 Å². The molecule has 5 rings (SSSR count). The van der Waals surface area contributed by atoms with E-state index in [1.807, 2.05) is 78.9 Å². The van der Waals surface area contributed by atoms with Gasteiger partial charge in [0.05, 0.1) is 11.1 Å². The zero-order valence-electron chi connectivity index (χ0n) is 19.1. The smallest absolute Gasteiger partial charge is 0.418 e. The molecule has 0 saturated heterocycles. The van der Waals surface area contributed by atoms with Gasteiger partial charge in [0.2, 0.25) is 0 Å². The lowest BCUT2D eigenvalue weighted by molar-refractivity contribution is -0.136. The van der Waals surface area contributed by atoms with Crippen LogP contribution < -0.4 is 4.74 Å². The molecule has 0 bridgehead atoms. The van der Waals surface area contributed by atoms with Crippen LogP contribution in [0.5, 0.6) is 5.75 Å². The van der Waals surface area contributed by atoms with Gasteiger partial charge in [0, 0.05) is 28.6 Å². The van der Waals surface area contributed by atoms with Crippen LogP contribution in [0.25, 0.3) is 33.2 Å². The van der Waals surface area contributed by atoms with Crippen molar-refractivity contribution in [2.75, 3.05) is 0 Å². The second-order valence-corrected chi connectivity index (χ2v) is 8.65. The van der Waals surface area contributed by atoms with Gasteiger partial charge in [-0.1, -0.05) is 78.9 Å². The molecule has 6 heteroatoms. The Hall–Kier alpha value is -3.83. The molecule has 0 amide bonds. The second kappa shape index (κ2) is 10.0. The Morgan fingerprint density at radius 3 is 2.17 bits per heavy atom. The number of para-hydroxylation sites is 1. The molecule has 0 atom stereocenters. The molecule has 36 heavy (non-hydrogen) atoms. The van der Waals surface area contributed by atoms with Crippen LogP contribution in [-0.2, 0) is 18.7 Å². The van der Waals surface area contributed by atoms with Crippen molar-refractivity contribution >= 4 is 22.5 Å². The van der Waals surface area contributed by atoms with Crippen LogP contribution in [0, 0.1) is 0 Å². The number of ether oxygens (including phenoxy) is 1. The fraction of sp³-hybridized carbons (Fsp3) is 0.100. The molecule has 2 nitrogen and oxygen atoms in total. The van der Waals surface area contributed by atoms with E-state index < -0.39 is 11.7 Å². The maximum atomic E-state index is 13.8. The van der Waals surface area contributed by atoms with E-state index in [-0.39, 0.29) is 5.52 Å². The molecule has 0 saturated carbocycles. The predicted molar refractivity (Wildman–Crippen MR) is 138 cm³/mol. The molecular formula is C30H21ClF3NO. The van der Waals surface area contributed by atoms with Gasteiger partial charge in [0.15, 0.2) is 0 Å². The Kier molecular flexibility index (Phi) is 6.66. The molecule has 5 aromatic rings. The minimum atomic E-state index is -4.51. The molecule has 0 aliphatic heterocycles. The van der Waals surface area contributed by atoms with Crippen molar-refractivity contribution in [2.45, 2.75) is 18.7 Å². The average molecular weight is 504 g/mol. The molecule has 0 aliphatic rings. The first-order valence-corrected chi connectivity index (χ1v) is 11.9. The molecule has 0 aliphatic carbocycles. The fourth-order valence-electron chi connectivity index (χ4n) is 4.23. The van der Waals surface area contributed by atoms with E-state index in [0.29, 0.717) is 29.2 Å². The van der Waals surface area contributed by atoms with Gasteiger partial charge in [-0.25, -0.2) is 0 Å². The molecule has 1 heterocycles. The lowest BCUT2D eigenvalue weighted by atomic mass is 9.91. The van der Waals surface area contributed by atoms with Crippen molar-refractivity contribution < 1.29 is 17.9 Å². The van der Waals surface area contributed by atoms with Gasteiger partial charge in [0.25, 0.3) is 0 Å². The third-order valence-electron chi connectivity index (χ3n) is 5.99. The van der Waals surface area contributed by atoms with E-state index in [4.69, 9.17) is 16.3 Å². The van der Waals surface area contributed by atoms with E-state index in [1.165, 1.54) is 12.3 Å². The van der Waals surface area contributed by atoms with Crippen LogP contribution in [0.15, 0.2) is 103 Å². The number of hydrogen-bond donors (Lipinski definition) is 0. The van der Waals surface area contributed by atoms with E-state index >= 15 is 0 Å². The minimum absolute atomic E-state index is 0.0783. The Morgan fingerprint density at radius 2 is 1.44 bits per heavy atom. The third-order valence-corrected chi connectivity index (χ3v) is 6.30. The highest BCUT2D eigenvalue weighted by molar-refractivity contribution is 6.17. The summed E-state index contributed by atoms with van der Waals surface area (Å²) in [5.74, 6) is 1.06. The van der Waals surface area contributed by atoms with Crippen LogP contribution in [-0.4, -0.2) is 4.98 Å². The number of pyridine rings is 1. The van der Waals surface area contributed by atoms with Gasteiger partial charge in [0.1, 0.15) is 12.4 Å². The van der Waals surface area contributed by atoms with Crippen molar-refractivity contribution in [1.29, 1.82) is 0 Å². The van der Waals surface area contributed by atoms with Crippen LogP contribution >= 0.6 is 11.6 Å². The number of halogens is 4. The van der Waals surface area contributed by atoms with Gasteiger partial charge in [-0.3, -0.25) is 4.98 Å². The summed E-state index contributed by atoms with van der Waals surface area (Å²) in [5.41, 5.74) is 4.21. The molecule has 0 radical (unpaired) electrons. The summed E-state index contributed by atoms with van der Waals surface area (Å²) in [7, 11) is 0. The molecule has 180 valence electrons. The van der Waals surface area contributed by atoms with Gasteiger partial charge in [-0.05, 0) is 40.5 Å². The van der Waals surface area contributed by atoms with E-state index in [0.717, 1.165) is 33.9 Å². The van der Waals surface area contributed by atoms with Crippen LogP contribution in [0.2, 0.25) is 0 Å². The summed E-state index contributed by atoms with van der Waals surface area (Å²) in [6, 6.07) is 29.0. The Morgan fingerprint density at radius 1 is 0.750 bits per heavy atom. The molecule has 0 N–H and O–H groups in total. The summed E-state index contributed by atoms with van der Waals surface area (Å²) in [4.78, 5) is 4.26. The van der Waals surface area contributed by atoms with Gasteiger partial charge >= 0.3 is 6.18 Å². The highest BCUT2D eigenvalue weighted by Gasteiger charge is 2.33. The number of hydrogen-bond acceptors (Lipinski definition) is 2. The first kappa shape index (κ1) is 23.9. The normalized spacial score (nSPS) is 11.6. The predicted octanol–water partition coefficient (Wildman–Crippen LogP) is 8.91. The van der Waals surface area contributed by atoms with Gasteiger partial charge in [-0.15, -0.1) is 11.6 Å². The minimum Gasteiger partial charge on any atom is -0.489 e. The number of benzene rings is 4. The van der Waals surface area contributed by atoms with Crippen LogP contribution in [0.1, 0.15) is 16.7 Å². The van der Waals surface area contributed by atoms with Crippen molar-refractivity contribution in [2.24, 2.45) is 0 Å². The van der Waals surface area contributed by atoms with Gasteiger partial charge in [-0.2, -0.15) is 13.2 Å². The van der Waals surface area contributed by atoms with E-state index in [1.54, 1.807) is 6.07 Å². The van der Waals surface area contributed by atoms with Crippen molar-refractivity contribution in [3.8, 4) is 28.0 Å². The molecule has 0 spiro atoms. The number of rotatable bonds is 6. The highest BCUT2D eigenvalue weighted by atomic mass is 35.5. The highest BCUT2D eigenvalue weighted by Crippen LogP contribution is 2.42. The summed E-state index contributed by atoms with van der Waals surface area (Å²) < 4.78 is 47.4. The zero-order valence-corrected chi connectivity index (χ0v) is 19.9. The molecular weight excluding hydrogens is 483 g/mol. The van der Waals surface area contributed by atoms with Crippen LogP contribution in [0.4, 0.5) is 13.2 Å². The van der Waals surface area contributed by atoms with E-state index in [2.05, 4.69) is 4.98 Å². The maximum Gasteiger partial charge on any atom is 0.418 e. The Labute approximate surface area is 212 Å². The second-order valence-electron chi connectivity index (χ2n) is 8.38. The maximum absolute atomic E-state index is 13.8. The number of fused-ring (bicyclic) bond motifs is 1. The summed E-state index contributed by atoms with van der Waals surface area (Å²) >= 11 is 5.86. The van der Waals surface area contributed by atoms with Crippen molar-refractivity contribution in [1.82, 2.24) is 4.98 Å². The first-order valence-electron chi connectivity index (χ1n) is 11.4. The molecule has 0 unspecified atom stereocenters. The summed E-state index contributed by atoms with van der Waals surface area (Å²) in [5, 5.41) is 0.431. The lowest BCUT2D eigenvalue weighted by Crippen LogP contribution is -2.07. The number of aromatic nitrogens is 1. The third kappa shape index (κ3) is 4.93. The van der Waals surface area contributed by atoms with Crippen LogP contribution in [0.3, 0.4) is 0 Å². The quantitative estimate of drug-likeness (QED) is 0.216. The number of alkyl halides is 4. The lowest BCUT2D eigenvalue weighted by Gasteiger charge is -2.17. The van der Waals surface area contributed by atoms with Gasteiger partial charge < -0.3 is 4.74 Å². The number of nitrogens with zero attached hydrogens (tertiary/aromatic N) is 1. The molecule has 0 fully saturated rings. The zero-order chi connectivity index (χ0) is 25.1. The summed E-state index contributed by atoms with van der Waals surface area (Å²) in [6.45, 7) is 0.354. The Balaban J connectivity index is 1.61. The van der Waals surface area contributed by atoms with Crippen molar-refractivity contribution in [3.63, 3.8) is 0 Å². The SMILES string of the molecule is FC(F)(F)c1cccc2c(-c3cccc(OCc4ccc(CCl)cc4)c3)c(-c3ccccc3)cnc12. The van der Waals surface area contributed by atoms with E-state index in [9.17, 15) is 13.2 Å². The van der Waals surface area contributed by atoms with Crippen molar-refractivity contribution in [3.05, 3.63) is 120 Å². The fourth-order valence-corrected chi connectivity index (χ4v) is 4.41. The largest absolute Gasteiger partial charge is 0.489 e. The molecule has 4 aromatic carbocycles. The summed E-state index contributed by atoms with van der Waals surface area (Å²) in [6.07, 6.45) is -2.99. The first-order chi connectivity index (χ1) is 17.4.